The van der Waals surface area contributed by atoms with Crippen molar-refractivity contribution in [1.82, 2.24) is 19.7 Å². The number of aromatic nitrogens is 1. The maximum atomic E-state index is 13.7. The number of carbonyl (C=O) groups is 2. The van der Waals surface area contributed by atoms with Crippen molar-refractivity contribution in [3.63, 3.8) is 0 Å². The normalized spacial score (nSPS) is 36.3. The number of nitrogens with one attached hydrogen (secondary N) is 1. The molecule has 236 valence electrons. The van der Waals surface area contributed by atoms with Crippen molar-refractivity contribution in [3.8, 4) is 0 Å². The fourth-order valence-electron chi connectivity index (χ4n) is 9.51. The molecule has 1 saturated carbocycles. The van der Waals surface area contributed by atoms with Crippen LogP contribution in [0.3, 0.4) is 0 Å². The van der Waals surface area contributed by atoms with E-state index < -0.39 is 11.6 Å². The molecule has 3 saturated heterocycles. The van der Waals surface area contributed by atoms with E-state index in [1.165, 1.54) is 32.4 Å². The first-order valence-electron chi connectivity index (χ1n) is 16.9. The highest BCUT2D eigenvalue weighted by Crippen LogP contribution is 2.50. The Bertz CT molecular complexity index is 1300. The van der Waals surface area contributed by atoms with Crippen molar-refractivity contribution < 1.29 is 24.2 Å². The summed E-state index contributed by atoms with van der Waals surface area (Å²) in [7, 11) is 0. The maximum absolute atomic E-state index is 13.7. The molecule has 1 aromatic rings. The van der Waals surface area contributed by atoms with Crippen LogP contribution >= 0.6 is 0 Å². The first kappa shape index (κ1) is 29.3. The lowest BCUT2D eigenvalue weighted by molar-refractivity contribution is -0.172. The molecule has 6 heterocycles. The number of cyclic esters (lactones) is 1. The zero-order valence-corrected chi connectivity index (χ0v) is 25.8. The Kier molecular flexibility index (Phi) is 7.83. The van der Waals surface area contributed by atoms with Gasteiger partial charge in [0.25, 0.3) is 5.56 Å². The SMILES string of the molecule is CCC1C2CC(OC(=O)N3CCC(N4CCCCC4)CC3)CCC2NC2c3cc4c(c(=O)n3CC21)COC(=O)[C@]4(O)CC. The second kappa shape index (κ2) is 11.5. The molecular formula is C33H48N4O6. The number of aliphatic hydroxyl groups is 1. The number of esters is 1. The average molecular weight is 597 g/mol. The smallest absolute Gasteiger partial charge is 0.410 e. The zero-order chi connectivity index (χ0) is 29.9. The Hall–Kier alpha value is -2.43. The van der Waals surface area contributed by atoms with Crippen LogP contribution in [0.15, 0.2) is 10.9 Å². The Balaban J connectivity index is 1.03. The van der Waals surface area contributed by atoms with Gasteiger partial charge in [-0.3, -0.25) is 4.79 Å². The van der Waals surface area contributed by atoms with Crippen LogP contribution in [0.1, 0.15) is 101 Å². The highest BCUT2D eigenvalue weighted by atomic mass is 16.6. The summed E-state index contributed by atoms with van der Waals surface area (Å²) in [4.78, 5) is 44.0. The molecule has 10 nitrogen and oxygen atoms in total. The molecule has 43 heavy (non-hydrogen) atoms. The van der Waals surface area contributed by atoms with Gasteiger partial charge in [-0.05, 0) is 82.4 Å². The van der Waals surface area contributed by atoms with E-state index in [1.807, 2.05) is 15.5 Å². The summed E-state index contributed by atoms with van der Waals surface area (Å²) >= 11 is 0. The van der Waals surface area contributed by atoms with Gasteiger partial charge in [0.05, 0.1) is 11.6 Å². The van der Waals surface area contributed by atoms with Crippen LogP contribution in [0.2, 0.25) is 0 Å². The molecular weight excluding hydrogens is 548 g/mol. The van der Waals surface area contributed by atoms with Gasteiger partial charge in [0, 0.05) is 48.9 Å². The summed E-state index contributed by atoms with van der Waals surface area (Å²) in [5, 5.41) is 15.1. The third-order valence-electron chi connectivity index (χ3n) is 11.9. The van der Waals surface area contributed by atoms with Crippen LogP contribution in [0.4, 0.5) is 4.79 Å². The Morgan fingerprint density at radius 3 is 2.56 bits per heavy atom. The number of ether oxygens (including phenoxy) is 2. The van der Waals surface area contributed by atoms with Gasteiger partial charge in [0.15, 0.2) is 5.60 Å². The van der Waals surface area contributed by atoms with Gasteiger partial charge in [-0.15, -0.1) is 0 Å². The van der Waals surface area contributed by atoms with Gasteiger partial charge in [-0.1, -0.05) is 26.7 Å². The fourth-order valence-corrected chi connectivity index (χ4v) is 9.51. The summed E-state index contributed by atoms with van der Waals surface area (Å²) in [6, 6.07) is 2.76. The third-order valence-corrected chi connectivity index (χ3v) is 11.9. The average Bonchev–Trinajstić information content (AvgIpc) is 3.41. The largest absolute Gasteiger partial charge is 0.458 e. The van der Waals surface area contributed by atoms with E-state index in [0.29, 0.717) is 35.5 Å². The van der Waals surface area contributed by atoms with Crippen molar-refractivity contribution in [3.05, 3.63) is 33.2 Å². The molecule has 1 aliphatic carbocycles. The molecule has 0 radical (unpaired) electrons. The summed E-state index contributed by atoms with van der Waals surface area (Å²) in [6.45, 7) is 8.44. The number of amides is 1. The van der Waals surface area contributed by atoms with Crippen molar-refractivity contribution in [1.29, 1.82) is 0 Å². The molecule has 7 rings (SSSR count). The number of hydrogen-bond donors (Lipinski definition) is 2. The summed E-state index contributed by atoms with van der Waals surface area (Å²) in [5.74, 6) is 0.276. The molecule has 4 fully saturated rings. The van der Waals surface area contributed by atoms with Crippen LogP contribution in [0.25, 0.3) is 0 Å². The van der Waals surface area contributed by atoms with Crippen LogP contribution in [0.5, 0.6) is 0 Å². The minimum Gasteiger partial charge on any atom is -0.458 e. The molecule has 0 bridgehead atoms. The first-order chi connectivity index (χ1) is 20.8. The molecule has 10 heteroatoms. The molecule has 1 aromatic heterocycles. The lowest BCUT2D eigenvalue weighted by Crippen LogP contribution is -2.55. The van der Waals surface area contributed by atoms with Gasteiger partial charge in [0.1, 0.15) is 12.7 Å². The van der Waals surface area contributed by atoms with E-state index in [4.69, 9.17) is 9.47 Å². The standard InChI is InChI=1S/C33H48N4O6/c1-3-22-23-16-21(43-32(40)36-14-10-20(11-15-36)35-12-6-5-7-13-35)8-9-27(23)34-29-24(22)18-37-28(29)17-26-25(30(37)38)19-42-31(39)33(26,41)4-2/h17,20-24,27,29,34,41H,3-16,18-19H2,1-2H3/t21?,22?,23?,24?,27?,29?,33-/m0/s1. The molecule has 1 amide bonds. The lowest BCUT2D eigenvalue weighted by atomic mass is 9.65. The number of likely N-dealkylation sites (tertiary alicyclic amines) is 2. The van der Waals surface area contributed by atoms with Gasteiger partial charge >= 0.3 is 12.1 Å². The quantitative estimate of drug-likeness (QED) is 0.509. The maximum Gasteiger partial charge on any atom is 0.410 e. The zero-order valence-electron chi connectivity index (χ0n) is 25.8. The van der Waals surface area contributed by atoms with E-state index in [9.17, 15) is 19.5 Å². The highest BCUT2D eigenvalue weighted by Gasteiger charge is 2.52. The highest BCUT2D eigenvalue weighted by molar-refractivity contribution is 5.83. The van der Waals surface area contributed by atoms with Gasteiger partial charge < -0.3 is 34.3 Å². The molecule has 5 aliphatic heterocycles. The van der Waals surface area contributed by atoms with E-state index in [-0.39, 0.29) is 48.8 Å². The number of nitrogens with zero attached hydrogens (tertiary/aromatic N) is 3. The first-order valence-corrected chi connectivity index (χ1v) is 16.9. The Morgan fingerprint density at radius 2 is 1.84 bits per heavy atom. The predicted molar refractivity (Wildman–Crippen MR) is 159 cm³/mol. The third kappa shape index (κ3) is 4.92. The minimum absolute atomic E-state index is 0.0106. The van der Waals surface area contributed by atoms with E-state index in [1.54, 1.807) is 6.92 Å². The predicted octanol–water partition coefficient (Wildman–Crippen LogP) is 3.43. The minimum atomic E-state index is -1.79. The van der Waals surface area contributed by atoms with Crippen LogP contribution in [-0.2, 0) is 33.0 Å². The number of piperidine rings is 3. The van der Waals surface area contributed by atoms with Crippen LogP contribution < -0.4 is 10.9 Å². The molecule has 7 atom stereocenters. The fraction of sp³-hybridized carbons (Fsp3) is 0.788. The number of hydrogen-bond acceptors (Lipinski definition) is 8. The number of pyridine rings is 1. The van der Waals surface area contributed by atoms with E-state index in [2.05, 4.69) is 17.1 Å². The monoisotopic (exact) mass is 596 g/mol. The van der Waals surface area contributed by atoms with Crippen molar-refractivity contribution in [2.24, 2.45) is 17.8 Å². The molecule has 6 unspecified atom stereocenters. The lowest BCUT2D eigenvalue weighted by Gasteiger charge is -2.49. The summed E-state index contributed by atoms with van der Waals surface area (Å²) in [5.41, 5.74) is -0.267. The van der Waals surface area contributed by atoms with Crippen molar-refractivity contribution in [2.45, 2.75) is 121 Å². The Morgan fingerprint density at radius 1 is 1.07 bits per heavy atom. The van der Waals surface area contributed by atoms with Crippen molar-refractivity contribution >= 4 is 12.1 Å². The number of carbonyl (C=O) groups excluding carboxylic acids is 2. The van der Waals surface area contributed by atoms with Gasteiger partial charge in [-0.25, -0.2) is 9.59 Å². The molecule has 6 aliphatic rings. The molecule has 2 N–H and O–H groups in total. The van der Waals surface area contributed by atoms with Gasteiger partial charge in [-0.2, -0.15) is 0 Å². The van der Waals surface area contributed by atoms with Crippen LogP contribution in [-0.4, -0.2) is 75.9 Å². The number of rotatable bonds is 4. The Labute approximate surface area is 254 Å². The second-order valence-electron chi connectivity index (χ2n) is 14.0. The second-order valence-corrected chi connectivity index (χ2v) is 14.0. The van der Waals surface area contributed by atoms with Crippen molar-refractivity contribution in [2.75, 3.05) is 26.2 Å². The van der Waals surface area contributed by atoms with E-state index in [0.717, 1.165) is 57.3 Å². The van der Waals surface area contributed by atoms with E-state index >= 15 is 0 Å². The molecule has 0 spiro atoms. The van der Waals surface area contributed by atoms with Crippen LogP contribution in [0, 0.1) is 17.8 Å². The topological polar surface area (TPSA) is 113 Å². The summed E-state index contributed by atoms with van der Waals surface area (Å²) < 4.78 is 13.3. The van der Waals surface area contributed by atoms with Gasteiger partial charge in [0.2, 0.25) is 0 Å². The molecule has 0 aromatic carbocycles. The summed E-state index contributed by atoms with van der Waals surface area (Å²) in [6.07, 6.45) is 9.50. The number of fused-ring (bicyclic) bond motifs is 5.